The summed E-state index contributed by atoms with van der Waals surface area (Å²) in [5.74, 6) is -0.378. The molecular weight excluding hydrogens is 402 g/mol. The Hall–Kier alpha value is -3.34. The first-order valence-corrected chi connectivity index (χ1v) is 9.40. The Balaban J connectivity index is 1.46. The first kappa shape index (κ1) is 19.0. The molecule has 0 aliphatic rings. The second-order valence-corrected chi connectivity index (χ2v) is 7.32. The molecule has 0 saturated heterocycles. The Labute approximate surface area is 167 Å². The first-order chi connectivity index (χ1) is 13.9. The Bertz CT molecular complexity index is 1180. The quantitative estimate of drug-likeness (QED) is 0.516. The van der Waals surface area contributed by atoms with E-state index in [2.05, 4.69) is 25.2 Å². The van der Waals surface area contributed by atoms with Crippen molar-refractivity contribution in [3.05, 3.63) is 53.6 Å². The molecule has 0 aliphatic heterocycles. The number of aromatic nitrogens is 5. The lowest BCUT2D eigenvalue weighted by Gasteiger charge is -2.04. The summed E-state index contributed by atoms with van der Waals surface area (Å²) in [4.78, 5) is 16.8. The van der Waals surface area contributed by atoms with E-state index in [4.69, 9.17) is 0 Å². The lowest BCUT2D eigenvalue weighted by atomic mass is 10.3. The SMILES string of the molecule is Cc1cc(C)n(Cn2ccc(C(=O)Nc3nc4ccc(OC(F)F)cc4s3)n2)n1. The lowest BCUT2D eigenvalue weighted by molar-refractivity contribution is -0.0497. The van der Waals surface area contributed by atoms with E-state index in [1.165, 1.54) is 12.1 Å². The van der Waals surface area contributed by atoms with E-state index >= 15 is 0 Å². The summed E-state index contributed by atoms with van der Waals surface area (Å²) in [5, 5.41) is 11.7. The number of anilines is 1. The summed E-state index contributed by atoms with van der Waals surface area (Å²) in [5.41, 5.74) is 2.70. The van der Waals surface area contributed by atoms with Crippen LogP contribution < -0.4 is 10.1 Å². The number of hydrogen-bond donors (Lipinski definition) is 1. The highest BCUT2D eigenvalue weighted by molar-refractivity contribution is 7.22. The van der Waals surface area contributed by atoms with E-state index in [1.807, 2.05) is 19.9 Å². The van der Waals surface area contributed by atoms with Gasteiger partial charge in [-0.25, -0.2) is 9.67 Å². The van der Waals surface area contributed by atoms with Gasteiger partial charge in [-0.05, 0) is 44.2 Å². The third-order valence-electron chi connectivity index (χ3n) is 4.06. The average molecular weight is 418 g/mol. The Kier molecular flexibility index (Phi) is 4.97. The van der Waals surface area contributed by atoms with Crippen LogP contribution in [0.5, 0.6) is 5.75 Å². The van der Waals surface area contributed by atoms with Gasteiger partial charge in [-0.2, -0.15) is 19.0 Å². The number of rotatable bonds is 6. The van der Waals surface area contributed by atoms with Gasteiger partial charge in [0.15, 0.2) is 10.8 Å². The smallest absolute Gasteiger partial charge is 0.387 e. The second kappa shape index (κ2) is 7.59. The van der Waals surface area contributed by atoms with Crippen LogP contribution in [0, 0.1) is 13.8 Å². The molecule has 4 rings (SSSR count). The van der Waals surface area contributed by atoms with Crippen molar-refractivity contribution in [2.24, 2.45) is 0 Å². The van der Waals surface area contributed by atoms with E-state index in [1.54, 1.807) is 27.7 Å². The highest BCUT2D eigenvalue weighted by atomic mass is 32.1. The van der Waals surface area contributed by atoms with Crippen LogP contribution in [0.2, 0.25) is 0 Å². The fraction of sp³-hybridized carbons (Fsp3) is 0.222. The van der Waals surface area contributed by atoms with Crippen molar-refractivity contribution in [1.82, 2.24) is 24.5 Å². The molecule has 0 atom stereocenters. The third kappa shape index (κ3) is 4.24. The van der Waals surface area contributed by atoms with Crippen molar-refractivity contribution >= 4 is 32.6 Å². The van der Waals surface area contributed by atoms with Crippen molar-refractivity contribution < 1.29 is 18.3 Å². The van der Waals surface area contributed by atoms with Crippen LogP contribution >= 0.6 is 11.3 Å². The van der Waals surface area contributed by atoms with Gasteiger partial charge < -0.3 is 4.74 Å². The predicted octanol–water partition coefficient (Wildman–Crippen LogP) is 3.67. The van der Waals surface area contributed by atoms with Crippen LogP contribution in [-0.2, 0) is 6.67 Å². The van der Waals surface area contributed by atoms with Crippen molar-refractivity contribution in [3.8, 4) is 5.75 Å². The molecule has 0 fully saturated rings. The van der Waals surface area contributed by atoms with Crippen LogP contribution in [0.3, 0.4) is 0 Å². The van der Waals surface area contributed by atoms with Crippen LogP contribution in [0.1, 0.15) is 21.9 Å². The number of alkyl halides is 2. The number of aryl methyl sites for hydroxylation is 2. The van der Waals surface area contributed by atoms with Crippen LogP contribution in [0.15, 0.2) is 36.5 Å². The molecule has 3 heterocycles. The number of nitrogens with one attached hydrogen (secondary N) is 1. The number of benzene rings is 1. The number of carbonyl (C=O) groups is 1. The largest absolute Gasteiger partial charge is 0.435 e. The van der Waals surface area contributed by atoms with Crippen molar-refractivity contribution in [1.29, 1.82) is 0 Å². The third-order valence-corrected chi connectivity index (χ3v) is 4.99. The van der Waals surface area contributed by atoms with Gasteiger partial charge in [0.05, 0.1) is 15.9 Å². The number of fused-ring (bicyclic) bond motifs is 1. The molecule has 150 valence electrons. The van der Waals surface area contributed by atoms with Gasteiger partial charge in [-0.1, -0.05) is 11.3 Å². The summed E-state index contributed by atoms with van der Waals surface area (Å²) in [6, 6.07) is 7.98. The molecule has 8 nitrogen and oxygen atoms in total. The highest BCUT2D eigenvalue weighted by Crippen LogP contribution is 2.30. The topological polar surface area (TPSA) is 86.9 Å². The van der Waals surface area contributed by atoms with Gasteiger partial charge >= 0.3 is 6.61 Å². The molecule has 1 aromatic carbocycles. The van der Waals surface area contributed by atoms with E-state index in [-0.39, 0.29) is 11.4 Å². The molecule has 1 N–H and O–H groups in total. The molecule has 0 saturated carbocycles. The van der Waals surface area contributed by atoms with Gasteiger partial charge in [0.1, 0.15) is 12.4 Å². The van der Waals surface area contributed by atoms with Gasteiger partial charge in [0.2, 0.25) is 0 Å². The van der Waals surface area contributed by atoms with Crippen molar-refractivity contribution in [2.45, 2.75) is 27.1 Å². The molecule has 1 amide bonds. The van der Waals surface area contributed by atoms with E-state index in [9.17, 15) is 13.6 Å². The maximum atomic E-state index is 12.5. The van der Waals surface area contributed by atoms with Crippen molar-refractivity contribution in [2.75, 3.05) is 5.32 Å². The number of halogens is 2. The van der Waals surface area contributed by atoms with Crippen LogP contribution in [-0.4, -0.2) is 37.1 Å². The number of hydrogen-bond acceptors (Lipinski definition) is 6. The number of carbonyl (C=O) groups excluding carboxylic acids is 1. The number of amides is 1. The van der Waals surface area contributed by atoms with Gasteiger partial charge in [0, 0.05) is 11.9 Å². The molecular formula is C18H16F2N6O2S. The first-order valence-electron chi connectivity index (χ1n) is 8.58. The molecule has 3 aromatic heterocycles. The minimum atomic E-state index is -2.90. The van der Waals surface area contributed by atoms with Crippen LogP contribution in [0.25, 0.3) is 10.2 Å². The van der Waals surface area contributed by atoms with Gasteiger partial charge in [0.25, 0.3) is 5.91 Å². The molecule has 4 aromatic rings. The average Bonchev–Trinajstić information content (AvgIpc) is 3.33. The van der Waals surface area contributed by atoms with E-state index in [0.717, 1.165) is 22.7 Å². The van der Waals surface area contributed by atoms with Gasteiger partial charge in [-0.15, -0.1) is 0 Å². The summed E-state index contributed by atoms with van der Waals surface area (Å²) < 4.78 is 33.1. The summed E-state index contributed by atoms with van der Waals surface area (Å²) in [7, 11) is 0. The standard InChI is InChI=1S/C18H16F2N6O2S/c1-10-7-11(2)26(23-10)9-25-6-5-14(24-25)16(27)22-18-21-13-4-3-12(28-17(19)20)8-15(13)29-18/h3-8,17H,9H2,1-2H3,(H,21,22,27). The molecule has 29 heavy (non-hydrogen) atoms. The highest BCUT2D eigenvalue weighted by Gasteiger charge is 2.14. The molecule has 0 bridgehead atoms. The summed E-state index contributed by atoms with van der Waals surface area (Å²) >= 11 is 1.16. The maximum Gasteiger partial charge on any atom is 0.387 e. The second-order valence-electron chi connectivity index (χ2n) is 6.29. The Morgan fingerprint density at radius 2 is 2.07 bits per heavy atom. The maximum absolute atomic E-state index is 12.5. The monoisotopic (exact) mass is 418 g/mol. The fourth-order valence-corrected chi connectivity index (χ4v) is 3.70. The zero-order chi connectivity index (χ0) is 20.5. The molecule has 0 spiro atoms. The molecule has 0 unspecified atom stereocenters. The van der Waals surface area contributed by atoms with Crippen LogP contribution in [0.4, 0.5) is 13.9 Å². The molecule has 0 aliphatic carbocycles. The summed E-state index contributed by atoms with van der Waals surface area (Å²) in [6.07, 6.45) is 1.69. The zero-order valence-electron chi connectivity index (χ0n) is 15.5. The zero-order valence-corrected chi connectivity index (χ0v) is 16.3. The van der Waals surface area contributed by atoms with E-state index in [0.29, 0.717) is 22.0 Å². The number of thiazole rings is 1. The van der Waals surface area contributed by atoms with Crippen molar-refractivity contribution in [3.63, 3.8) is 0 Å². The molecule has 0 radical (unpaired) electrons. The minimum absolute atomic E-state index is 0.0388. The number of nitrogens with zero attached hydrogens (tertiary/aromatic N) is 5. The predicted molar refractivity (Wildman–Crippen MR) is 104 cm³/mol. The normalized spacial score (nSPS) is 11.3. The Morgan fingerprint density at radius 3 is 2.79 bits per heavy atom. The molecule has 11 heteroatoms. The minimum Gasteiger partial charge on any atom is -0.435 e. The number of ether oxygens (including phenoxy) is 1. The fourth-order valence-electron chi connectivity index (χ4n) is 2.81. The Morgan fingerprint density at radius 1 is 1.24 bits per heavy atom. The van der Waals surface area contributed by atoms with Gasteiger partial charge in [-0.3, -0.25) is 14.8 Å². The summed E-state index contributed by atoms with van der Waals surface area (Å²) in [6.45, 7) is 1.35. The lowest BCUT2D eigenvalue weighted by Crippen LogP contribution is -2.15. The van der Waals surface area contributed by atoms with E-state index < -0.39 is 12.5 Å².